The predicted molar refractivity (Wildman–Crippen MR) is 48.6 cm³/mol. The van der Waals surface area contributed by atoms with Gasteiger partial charge in [0.05, 0.1) is 11.4 Å². The predicted octanol–water partition coefficient (Wildman–Crippen LogP) is 1.28. The first-order valence-corrected chi connectivity index (χ1v) is 3.95. The Bertz CT molecular complexity index is 209. The molecule has 3 nitrogen and oxygen atoms in total. The maximum atomic E-state index is 5.51. The maximum Gasteiger partial charge on any atom is 0.156 e. The van der Waals surface area contributed by atoms with Crippen LogP contribution in [-0.4, -0.2) is 9.97 Å². The zero-order valence-electron chi connectivity index (χ0n) is 5.85. The summed E-state index contributed by atoms with van der Waals surface area (Å²) in [6, 6.07) is 0. The van der Waals surface area contributed by atoms with Crippen LogP contribution in [0.1, 0.15) is 11.4 Å². The average Bonchev–Trinajstić information content (AvgIpc) is 1.84. The minimum absolute atomic E-state index is 0.517. The van der Waals surface area contributed by atoms with Crippen LogP contribution in [0.3, 0.4) is 0 Å². The normalized spacial score (nSPS) is 9.90. The van der Waals surface area contributed by atoms with Gasteiger partial charge in [0.1, 0.15) is 3.70 Å². The first-order chi connectivity index (χ1) is 4.61. The van der Waals surface area contributed by atoms with Gasteiger partial charge >= 0.3 is 0 Å². The van der Waals surface area contributed by atoms with Gasteiger partial charge in [0.25, 0.3) is 0 Å². The Kier molecular flexibility index (Phi) is 2.08. The van der Waals surface area contributed by atoms with Crippen molar-refractivity contribution < 1.29 is 0 Å². The molecule has 0 aliphatic carbocycles. The smallest absolute Gasteiger partial charge is 0.156 e. The second-order valence-electron chi connectivity index (χ2n) is 2.07. The third kappa shape index (κ3) is 1.36. The van der Waals surface area contributed by atoms with Crippen LogP contribution in [0.5, 0.6) is 0 Å². The lowest BCUT2D eigenvalue weighted by molar-refractivity contribution is 1.03. The van der Waals surface area contributed by atoms with Crippen molar-refractivity contribution in [1.82, 2.24) is 9.97 Å². The summed E-state index contributed by atoms with van der Waals surface area (Å²) in [5.74, 6) is 0.517. The van der Waals surface area contributed by atoms with E-state index in [1.54, 1.807) is 0 Å². The van der Waals surface area contributed by atoms with Crippen molar-refractivity contribution in [2.24, 2.45) is 0 Å². The molecule has 0 bridgehead atoms. The molecule has 0 saturated carbocycles. The van der Waals surface area contributed by atoms with Gasteiger partial charge in [-0.25, -0.2) is 9.97 Å². The summed E-state index contributed by atoms with van der Waals surface area (Å²) in [5, 5.41) is 0. The molecular formula is C6H8IN3. The van der Waals surface area contributed by atoms with E-state index in [1.165, 1.54) is 0 Å². The number of halogens is 1. The number of aryl methyl sites for hydroxylation is 2. The fourth-order valence-electron chi connectivity index (χ4n) is 0.593. The Balaban J connectivity index is 3.28. The SMILES string of the molecule is Cc1nc(N)c(I)nc1C. The maximum absolute atomic E-state index is 5.51. The van der Waals surface area contributed by atoms with E-state index in [4.69, 9.17) is 5.73 Å². The van der Waals surface area contributed by atoms with Gasteiger partial charge < -0.3 is 5.73 Å². The molecule has 0 radical (unpaired) electrons. The van der Waals surface area contributed by atoms with Gasteiger partial charge in [0.15, 0.2) is 5.82 Å². The van der Waals surface area contributed by atoms with Gasteiger partial charge in [0, 0.05) is 0 Å². The first kappa shape index (κ1) is 7.71. The van der Waals surface area contributed by atoms with Crippen LogP contribution >= 0.6 is 22.6 Å². The van der Waals surface area contributed by atoms with E-state index in [1.807, 2.05) is 13.8 Å². The summed E-state index contributed by atoms with van der Waals surface area (Å²) >= 11 is 2.07. The number of nitrogen functional groups attached to an aromatic ring is 1. The van der Waals surface area contributed by atoms with Crippen LogP contribution in [0.15, 0.2) is 0 Å². The number of anilines is 1. The number of aromatic nitrogens is 2. The van der Waals surface area contributed by atoms with E-state index < -0.39 is 0 Å². The third-order valence-electron chi connectivity index (χ3n) is 1.29. The number of hydrogen-bond donors (Lipinski definition) is 1. The Morgan fingerprint density at radius 2 is 1.70 bits per heavy atom. The lowest BCUT2D eigenvalue weighted by atomic mass is 10.3. The molecule has 0 aliphatic rings. The average molecular weight is 249 g/mol. The highest BCUT2D eigenvalue weighted by Gasteiger charge is 2.00. The molecule has 2 N–H and O–H groups in total. The molecule has 0 amide bonds. The Morgan fingerprint density at radius 1 is 1.20 bits per heavy atom. The molecule has 0 aromatic carbocycles. The number of nitrogens with two attached hydrogens (primary N) is 1. The summed E-state index contributed by atoms with van der Waals surface area (Å²) < 4.78 is 0.778. The highest BCUT2D eigenvalue weighted by Crippen LogP contribution is 2.10. The zero-order valence-corrected chi connectivity index (χ0v) is 8.01. The third-order valence-corrected chi connectivity index (χ3v) is 2.08. The van der Waals surface area contributed by atoms with Gasteiger partial charge in [-0.1, -0.05) is 0 Å². The Labute approximate surface area is 73.2 Å². The van der Waals surface area contributed by atoms with Crippen LogP contribution in [0.2, 0.25) is 0 Å². The molecule has 0 fully saturated rings. The lowest BCUT2D eigenvalue weighted by Gasteiger charge is -2.00. The minimum atomic E-state index is 0.517. The number of rotatable bonds is 0. The quantitative estimate of drug-likeness (QED) is 0.704. The molecule has 1 aromatic rings. The molecule has 0 aliphatic heterocycles. The second-order valence-corrected chi connectivity index (χ2v) is 3.09. The molecule has 54 valence electrons. The van der Waals surface area contributed by atoms with E-state index in [9.17, 15) is 0 Å². The summed E-state index contributed by atoms with van der Waals surface area (Å²) in [6.07, 6.45) is 0. The fraction of sp³-hybridized carbons (Fsp3) is 0.333. The molecule has 0 unspecified atom stereocenters. The van der Waals surface area contributed by atoms with Gasteiger partial charge in [-0.3, -0.25) is 0 Å². The molecule has 0 atom stereocenters. The largest absolute Gasteiger partial charge is 0.382 e. The van der Waals surface area contributed by atoms with E-state index in [2.05, 4.69) is 32.6 Å². The van der Waals surface area contributed by atoms with Crippen molar-refractivity contribution >= 4 is 28.4 Å². The molecule has 1 rings (SSSR count). The summed E-state index contributed by atoms with van der Waals surface area (Å²) in [4.78, 5) is 8.25. The van der Waals surface area contributed by atoms with Gasteiger partial charge in [-0.15, -0.1) is 0 Å². The molecule has 1 heterocycles. The van der Waals surface area contributed by atoms with E-state index >= 15 is 0 Å². The molecule has 0 spiro atoms. The van der Waals surface area contributed by atoms with Gasteiger partial charge in [0.2, 0.25) is 0 Å². The Hall–Kier alpha value is -0.390. The van der Waals surface area contributed by atoms with E-state index in [0.29, 0.717) is 5.82 Å². The number of nitrogens with zero attached hydrogens (tertiary/aromatic N) is 2. The zero-order chi connectivity index (χ0) is 7.72. The highest BCUT2D eigenvalue weighted by molar-refractivity contribution is 14.1. The van der Waals surface area contributed by atoms with Crippen LogP contribution in [0.25, 0.3) is 0 Å². The second kappa shape index (κ2) is 2.69. The van der Waals surface area contributed by atoms with Crippen LogP contribution in [0, 0.1) is 17.5 Å². The standard InChI is InChI=1S/C6H8IN3/c1-3-4(2)10-6(8)5(7)9-3/h1-2H3,(H2,8,10). The van der Waals surface area contributed by atoms with Crippen molar-refractivity contribution in [2.75, 3.05) is 5.73 Å². The topological polar surface area (TPSA) is 51.8 Å². The van der Waals surface area contributed by atoms with Crippen LogP contribution in [-0.2, 0) is 0 Å². The summed E-state index contributed by atoms with van der Waals surface area (Å²) in [6.45, 7) is 3.82. The lowest BCUT2D eigenvalue weighted by Crippen LogP contribution is -2.01. The molecular weight excluding hydrogens is 241 g/mol. The summed E-state index contributed by atoms with van der Waals surface area (Å²) in [7, 11) is 0. The molecule has 1 aromatic heterocycles. The van der Waals surface area contributed by atoms with Crippen molar-refractivity contribution in [3.63, 3.8) is 0 Å². The van der Waals surface area contributed by atoms with Gasteiger partial charge in [-0.2, -0.15) is 0 Å². The van der Waals surface area contributed by atoms with Crippen molar-refractivity contribution in [2.45, 2.75) is 13.8 Å². The van der Waals surface area contributed by atoms with Crippen molar-refractivity contribution in [3.05, 3.63) is 15.1 Å². The van der Waals surface area contributed by atoms with E-state index in [-0.39, 0.29) is 0 Å². The number of hydrogen-bond acceptors (Lipinski definition) is 3. The van der Waals surface area contributed by atoms with Crippen molar-refractivity contribution in [1.29, 1.82) is 0 Å². The minimum Gasteiger partial charge on any atom is -0.382 e. The van der Waals surface area contributed by atoms with Crippen LogP contribution in [0.4, 0.5) is 5.82 Å². The van der Waals surface area contributed by atoms with Crippen molar-refractivity contribution in [3.8, 4) is 0 Å². The molecule has 10 heavy (non-hydrogen) atoms. The summed E-state index contributed by atoms with van der Waals surface area (Å²) in [5.41, 5.74) is 7.35. The molecule has 0 saturated heterocycles. The fourth-order valence-corrected chi connectivity index (χ4v) is 1.08. The van der Waals surface area contributed by atoms with Gasteiger partial charge in [-0.05, 0) is 36.4 Å². The first-order valence-electron chi connectivity index (χ1n) is 2.87. The highest BCUT2D eigenvalue weighted by atomic mass is 127. The monoisotopic (exact) mass is 249 g/mol. The van der Waals surface area contributed by atoms with Crippen LogP contribution < -0.4 is 5.73 Å². The van der Waals surface area contributed by atoms with E-state index in [0.717, 1.165) is 15.1 Å². The molecule has 4 heteroatoms. The Morgan fingerprint density at radius 3 is 2.20 bits per heavy atom.